The molecule has 3 heteroatoms. The standard InChI is InChI=1S/C10H15NOS/c1-8(11)13-7-9-3-5-10(12-2)6-4-9/h3-6,8H,7,11H2,1-2H3. The molecule has 13 heavy (non-hydrogen) atoms. The molecule has 0 aliphatic rings. The van der Waals surface area contributed by atoms with Crippen LogP contribution in [0.1, 0.15) is 12.5 Å². The van der Waals surface area contributed by atoms with Gasteiger partial charge in [0.2, 0.25) is 0 Å². The summed E-state index contributed by atoms with van der Waals surface area (Å²) < 4.78 is 5.06. The van der Waals surface area contributed by atoms with E-state index in [1.54, 1.807) is 18.9 Å². The second-order valence-corrected chi connectivity index (χ2v) is 4.23. The van der Waals surface area contributed by atoms with Crippen molar-refractivity contribution in [1.82, 2.24) is 0 Å². The fourth-order valence-electron chi connectivity index (χ4n) is 0.949. The largest absolute Gasteiger partial charge is 0.497 e. The molecule has 1 aromatic carbocycles. The van der Waals surface area contributed by atoms with Gasteiger partial charge in [0.15, 0.2) is 0 Å². The molecule has 0 bridgehead atoms. The third kappa shape index (κ3) is 3.70. The second-order valence-electron chi connectivity index (χ2n) is 2.86. The van der Waals surface area contributed by atoms with E-state index < -0.39 is 0 Å². The van der Waals surface area contributed by atoms with Crippen LogP contribution in [0.25, 0.3) is 0 Å². The number of methoxy groups -OCH3 is 1. The van der Waals surface area contributed by atoms with Crippen LogP contribution in [0.2, 0.25) is 0 Å². The summed E-state index contributed by atoms with van der Waals surface area (Å²) in [5, 5.41) is 0.196. The number of hydrogen-bond donors (Lipinski definition) is 1. The van der Waals surface area contributed by atoms with Crippen molar-refractivity contribution in [3.8, 4) is 5.75 Å². The summed E-state index contributed by atoms with van der Waals surface area (Å²) in [5.74, 6) is 1.86. The van der Waals surface area contributed by atoms with Gasteiger partial charge in [-0.05, 0) is 24.6 Å². The zero-order chi connectivity index (χ0) is 9.68. The van der Waals surface area contributed by atoms with E-state index >= 15 is 0 Å². The lowest BCUT2D eigenvalue weighted by Crippen LogP contribution is -2.09. The van der Waals surface area contributed by atoms with Crippen molar-refractivity contribution in [2.75, 3.05) is 7.11 Å². The smallest absolute Gasteiger partial charge is 0.118 e. The zero-order valence-electron chi connectivity index (χ0n) is 7.99. The number of ether oxygens (including phenoxy) is 1. The second kappa shape index (κ2) is 5.14. The van der Waals surface area contributed by atoms with Crippen LogP contribution < -0.4 is 10.5 Å². The molecule has 1 rings (SSSR count). The first-order chi connectivity index (χ1) is 6.22. The van der Waals surface area contributed by atoms with E-state index in [0.717, 1.165) is 11.5 Å². The molecule has 0 aliphatic heterocycles. The van der Waals surface area contributed by atoms with Crippen LogP contribution in [0.5, 0.6) is 5.75 Å². The third-order valence-corrected chi connectivity index (χ3v) is 2.70. The monoisotopic (exact) mass is 197 g/mol. The molecule has 0 saturated heterocycles. The fourth-order valence-corrected chi connectivity index (χ4v) is 1.60. The van der Waals surface area contributed by atoms with Gasteiger partial charge in [0.05, 0.1) is 7.11 Å². The van der Waals surface area contributed by atoms with E-state index in [9.17, 15) is 0 Å². The molecular formula is C10H15NOS. The first-order valence-corrected chi connectivity index (χ1v) is 5.27. The van der Waals surface area contributed by atoms with E-state index in [2.05, 4.69) is 12.1 Å². The number of thioether (sulfide) groups is 1. The molecule has 0 aromatic heterocycles. The van der Waals surface area contributed by atoms with Crippen LogP contribution in [0.4, 0.5) is 0 Å². The first-order valence-electron chi connectivity index (χ1n) is 4.22. The van der Waals surface area contributed by atoms with Crippen molar-refractivity contribution in [2.45, 2.75) is 18.1 Å². The number of nitrogens with two attached hydrogens (primary N) is 1. The van der Waals surface area contributed by atoms with E-state index in [1.165, 1.54) is 5.56 Å². The van der Waals surface area contributed by atoms with Gasteiger partial charge in [-0.15, -0.1) is 11.8 Å². The van der Waals surface area contributed by atoms with Crippen LogP contribution in [0.3, 0.4) is 0 Å². The number of hydrogen-bond acceptors (Lipinski definition) is 3. The van der Waals surface area contributed by atoms with E-state index in [0.29, 0.717) is 0 Å². The summed E-state index contributed by atoms with van der Waals surface area (Å²) in [6.45, 7) is 1.99. The Kier molecular flexibility index (Phi) is 4.12. The van der Waals surface area contributed by atoms with Crippen molar-refractivity contribution in [3.63, 3.8) is 0 Å². The molecular weight excluding hydrogens is 182 g/mol. The van der Waals surface area contributed by atoms with Gasteiger partial charge in [-0.3, -0.25) is 0 Å². The van der Waals surface area contributed by atoms with Gasteiger partial charge in [0.1, 0.15) is 5.75 Å². The Morgan fingerprint density at radius 2 is 2.00 bits per heavy atom. The summed E-state index contributed by atoms with van der Waals surface area (Å²) in [6.07, 6.45) is 0. The fraction of sp³-hybridized carbons (Fsp3) is 0.400. The lowest BCUT2D eigenvalue weighted by Gasteiger charge is -2.05. The van der Waals surface area contributed by atoms with Gasteiger partial charge in [-0.1, -0.05) is 12.1 Å². The molecule has 0 heterocycles. The average molecular weight is 197 g/mol. The van der Waals surface area contributed by atoms with Crippen molar-refractivity contribution >= 4 is 11.8 Å². The van der Waals surface area contributed by atoms with Gasteiger partial charge < -0.3 is 10.5 Å². The number of benzene rings is 1. The van der Waals surface area contributed by atoms with Crippen LogP contribution in [0.15, 0.2) is 24.3 Å². The molecule has 0 radical (unpaired) electrons. The van der Waals surface area contributed by atoms with Crippen LogP contribution in [0, 0.1) is 0 Å². The first kappa shape index (κ1) is 10.4. The Morgan fingerprint density at radius 1 is 1.38 bits per heavy atom. The molecule has 2 N–H and O–H groups in total. The third-order valence-electron chi connectivity index (χ3n) is 1.67. The Morgan fingerprint density at radius 3 is 2.46 bits per heavy atom. The van der Waals surface area contributed by atoms with Crippen LogP contribution in [-0.2, 0) is 5.75 Å². The summed E-state index contributed by atoms with van der Waals surface area (Å²) >= 11 is 1.73. The Hall–Kier alpha value is -0.670. The molecule has 1 aromatic rings. The predicted molar refractivity (Wildman–Crippen MR) is 57.9 cm³/mol. The topological polar surface area (TPSA) is 35.2 Å². The normalized spacial score (nSPS) is 12.5. The van der Waals surface area contributed by atoms with Crippen molar-refractivity contribution < 1.29 is 4.74 Å². The highest BCUT2D eigenvalue weighted by molar-refractivity contribution is 7.99. The van der Waals surface area contributed by atoms with E-state index in [-0.39, 0.29) is 5.37 Å². The molecule has 0 aliphatic carbocycles. The summed E-state index contributed by atoms with van der Waals surface area (Å²) in [6, 6.07) is 8.07. The lowest BCUT2D eigenvalue weighted by molar-refractivity contribution is 0.414. The molecule has 1 atom stereocenters. The summed E-state index contributed by atoms with van der Waals surface area (Å²) in [4.78, 5) is 0. The minimum Gasteiger partial charge on any atom is -0.497 e. The maximum atomic E-state index is 5.63. The Labute approximate surface area is 83.5 Å². The highest BCUT2D eigenvalue weighted by Crippen LogP contribution is 2.17. The van der Waals surface area contributed by atoms with Crippen LogP contribution >= 0.6 is 11.8 Å². The van der Waals surface area contributed by atoms with E-state index in [4.69, 9.17) is 10.5 Å². The molecule has 72 valence electrons. The quantitative estimate of drug-likeness (QED) is 0.752. The van der Waals surface area contributed by atoms with Crippen molar-refractivity contribution in [3.05, 3.63) is 29.8 Å². The van der Waals surface area contributed by atoms with Crippen molar-refractivity contribution in [2.24, 2.45) is 5.73 Å². The van der Waals surface area contributed by atoms with Gasteiger partial charge in [-0.2, -0.15) is 0 Å². The maximum absolute atomic E-state index is 5.63. The number of rotatable bonds is 4. The van der Waals surface area contributed by atoms with Crippen LogP contribution in [-0.4, -0.2) is 12.5 Å². The maximum Gasteiger partial charge on any atom is 0.118 e. The van der Waals surface area contributed by atoms with E-state index in [1.807, 2.05) is 19.1 Å². The SMILES string of the molecule is COc1ccc(CSC(C)N)cc1. The highest BCUT2D eigenvalue weighted by Gasteiger charge is 1.97. The minimum absolute atomic E-state index is 0.196. The molecule has 2 nitrogen and oxygen atoms in total. The average Bonchev–Trinajstić information content (AvgIpc) is 2.15. The summed E-state index contributed by atoms with van der Waals surface area (Å²) in [7, 11) is 1.67. The van der Waals surface area contributed by atoms with Gasteiger partial charge in [-0.25, -0.2) is 0 Å². The molecule has 0 saturated carbocycles. The van der Waals surface area contributed by atoms with Gasteiger partial charge >= 0.3 is 0 Å². The lowest BCUT2D eigenvalue weighted by atomic mass is 10.2. The van der Waals surface area contributed by atoms with Crippen molar-refractivity contribution in [1.29, 1.82) is 0 Å². The Balaban J connectivity index is 2.49. The molecule has 0 fully saturated rings. The zero-order valence-corrected chi connectivity index (χ0v) is 8.80. The Bertz CT molecular complexity index is 246. The molecule has 0 spiro atoms. The van der Waals surface area contributed by atoms with Gasteiger partial charge in [0, 0.05) is 11.1 Å². The molecule has 0 amide bonds. The summed E-state index contributed by atoms with van der Waals surface area (Å²) in [5.41, 5.74) is 6.92. The molecule has 1 unspecified atom stereocenters. The van der Waals surface area contributed by atoms with Gasteiger partial charge in [0.25, 0.3) is 0 Å². The predicted octanol–water partition coefficient (Wildman–Crippen LogP) is 2.23. The highest BCUT2D eigenvalue weighted by atomic mass is 32.2. The minimum atomic E-state index is 0.196.